The molecule has 1 aliphatic rings. The molecule has 0 aromatic heterocycles. The maximum atomic E-state index is 13.0. The van der Waals surface area contributed by atoms with Crippen LogP contribution in [0.3, 0.4) is 0 Å². The van der Waals surface area contributed by atoms with Crippen LogP contribution in [0.4, 0.5) is 0 Å². The van der Waals surface area contributed by atoms with Gasteiger partial charge in [-0.1, -0.05) is 19.4 Å². The minimum absolute atomic E-state index is 0.0605. The van der Waals surface area contributed by atoms with Crippen molar-refractivity contribution in [2.24, 2.45) is 0 Å². The first-order valence-corrected chi connectivity index (χ1v) is 10.3. The number of rotatable bonds is 6. The monoisotopic (exact) mass is 382 g/mol. The maximum Gasteiger partial charge on any atom is 0.326 e. The summed E-state index contributed by atoms with van der Waals surface area (Å²) in [5.74, 6) is -1.70. The lowest BCUT2D eigenvalue weighted by Gasteiger charge is -2.32. The summed E-state index contributed by atoms with van der Waals surface area (Å²) in [7, 11) is -3.70. The summed E-state index contributed by atoms with van der Waals surface area (Å²) in [6.45, 7) is 5.70. The molecule has 2 unspecified atom stereocenters. The van der Waals surface area contributed by atoms with Crippen molar-refractivity contribution in [2.75, 3.05) is 6.54 Å². The smallest absolute Gasteiger partial charge is 0.326 e. The molecule has 1 saturated heterocycles. The molecule has 1 aliphatic heterocycles. The van der Waals surface area contributed by atoms with Crippen molar-refractivity contribution in [2.45, 2.75) is 63.4 Å². The van der Waals surface area contributed by atoms with Gasteiger partial charge in [-0.25, -0.2) is 13.2 Å². The quantitative estimate of drug-likeness (QED) is 0.784. The summed E-state index contributed by atoms with van der Waals surface area (Å²) in [5.41, 5.74) is 0.767. The van der Waals surface area contributed by atoms with E-state index in [0.717, 1.165) is 19.3 Å². The van der Waals surface area contributed by atoms with Gasteiger partial charge in [0.1, 0.15) is 6.04 Å². The van der Waals surface area contributed by atoms with E-state index in [1.165, 1.54) is 16.4 Å². The van der Waals surface area contributed by atoms with E-state index in [1.54, 1.807) is 19.9 Å². The molecule has 1 heterocycles. The molecule has 0 spiro atoms. The van der Waals surface area contributed by atoms with Crippen LogP contribution >= 0.6 is 0 Å². The fraction of sp³-hybridized carbons (Fsp3) is 0.556. The van der Waals surface area contributed by atoms with Gasteiger partial charge in [0.05, 0.1) is 4.90 Å². The second-order valence-electron chi connectivity index (χ2n) is 6.71. The Hall–Kier alpha value is -1.93. The third kappa shape index (κ3) is 4.24. The second kappa shape index (κ2) is 8.18. The molecule has 2 N–H and O–H groups in total. The number of aliphatic carboxylic acids is 1. The van der Waals surface area contributed by atoms with Gasteiger partial charge in [-0.2, -0.15) is 4.31 Å². The average Bonchev–Trinajstić information content (AvgIpc) is 2.59. The summed E-state index contributed by atoms with van der Waals surface area (Å²) in [4.78, 5) is 23.7. The van der Waals surface area contributed by atoms with Crippen molar-refractivity contribution in [1.29, 1.82) is 0 Å². The molecule has 2 atom stereocenters. The van der Waals surface area contributed by atoms with Gasteiger partial charge in [-0.3, -0.25) is 4.79 Å². The number of carbonyl (C=O) groups is 2. The number of piperidine rings is 1. The Balaban J connectivity index is 2.34. The lowest BCUT2D eigenvalue weighted by molar-refractivity contribution is -0.139. The van der Waals surface area contributed by atoms with Crippen LogP contribution in [-0.4, -0.2) is 48.3 Å². The fourth-order valence-electron chi connectivity index (χ4n) is 3.14. The molecule has 8 heteroatoms. The van der Waals surface area contributed by atoms with Crippen molar-refractivity contribution >= 4 is 21.9 Å². The first-order chi connectivity index (χ1) is 12.2. The molecule has 0 saturated carbocycles. The van der Waals surface area contributed by atoms with Crippen molar-refractivity contribution in [3.8, 4) is 0 Å². The van der Waals surface area contributed by atoms with Crippen LogP contribution in [0.5, 0.6) is 0 Å². The van der Waals surface area contributed by atoms with Crippen LogP contribution in [0, 0.1) is 6.92 Å². The standard InChI is InChI=1S/C18H26N2O5S/c1-4-16(18(22)23)19-17(21)15-11-14(9-8-12(15)2)26(24,25)20-10-6-5-7-13(20)3/h8-9,11,13,16H,4-7,10H2,1-3H3,(H,19,21)(H,22,23). The highest BCUT2D eigenvalue weighted by Gasteiger charge is 2.31. The van der Waals surface area contributed by atoms with Gasteiger partial charge >= 0.3 is 5.97 Å². The fourth-order valence-corrected chi connectivity index (χ4v) is 4.87. The highest BCUT2D eigenvalue weighted by molar-refractivity contribution is 7.89. The molecule has 0 bridgehead atoms. The molecule has 2 rings (SSSR count). The van der Waals surface area contributed by atoms with Crippen molar-refractivity contribution < 1.29 is 23.1 Å². The third-order valence-corrected chi connectivity index (χ3v) is 6.82. The topological polar surface area (TPSA) is 104 Å². The largest absolute Gasteiger partial charge is 0.480 e. The lowest BCUT2D eigenvalue weighted by atomic mass is 10.1. The lowest BCUT2D eigenvalue weighted by Crippen LogP contribution is -2.42. The predicted octanol–water partition coefficient (Wildman–Crippen LogP) is 2.15. The van der Waals surface area contributed by atoms with Gasteiger partial charge in [0.25, 0.3) is 5.91 Å². The minimum Gasteiger partial charge on any atom is -0.480 e. The highest BCUT2D eigenvalue weighted by Crippen LogP contribution is 2.26. The Kier molecular flexibility index (Phi) is 6.41. The number of carboxylic acids is 1. The summed E-state index contributed by atoms with van der Waals surface area (Å²) >= 11 is 0. The van der Waals surface area contributed by atoms with E-state index >= 15 is 0 Å². The molecular formula is C18H26N2O5S. The Morgan fingerprint density at radius 1 is 1.35 bits per heavy atom. The molecule has 1 amide bonds. The predicted molar refractivity (Wildman–Crippen MR) is 97.6 cm³/mol. The molecule has 26 heavy (non-hydrogen) atoms. The number of hydrogen-bond acceptors (Lipinski definition) is 4. The molecule has 1 fully saturated rings. The zero-order chi connectivity index (χ0) is 19.5. The van der Waals surface area contributed by atoms with Crippen LogP contribution < -0.4 is 5.32 Å². The van der Waals surface area contributed by atoms with Gasteiger partial charge in [0.15, 0.2) is 0 Å². The van der Waals surface area contributed by atoms with E-state index in [9.17, 15) is 18.0 Å². The molecule has 1 aromatic carbocycles. The first kappa shape index (κ1) is 20.4. The molecule has 144 valence electrons. The average molecular weight is 382 g/mol. The van der Waals surface area contributed by atoms with Crippen LogP contribution in [0.15, 0.2) is 23.1 Å². The molecule has 0 radical (unpaired) electrons. The number of aryl methyl sites for hydroxylation is 1. The van der Waals surface area contributed by atoms with E-state index < -0.39 is 27.9 Å². The van der Waals surface area contributed by atoms with Gasteiger partial charge in [0.2, 0.25) is 10.0 Å². The number of nitrogens with one attached hydrogen (secondary N) is 1. The SMILES string of the molecule is CCC(NC(=O)c1cc(S(=O)(=O)N2CCCCC2C)ccc1C)C(=O)O. The number of hydrogen-bond donors (Lipinski definition) is 2. The molecule has 7 nitrogen and oxygen atoms in total. The Morgan fingerprint density at radius 2 is 2.04 bits per heavy atom. The summed E-state index contributed by atoms with van der Waals surface area (Å²) < 4.78 is 27.4. The molecule has 0 aliphatic carbocycles. The first-order valence-electron chi connectivity index (χ1n) is 8.84. The second-order valence-corrected chi connectivity index (χ2v) is 8.60. The number of nitrogens with zero attached hydrogens (tertiary/aromatic N) is 1. The number of amides is 1. The van der Waals surface area contributed by atoms with Crippen molar-refractivity contribution in [3.05, 3.63) is 29.3 Å². The number of carboxylic acid groups (broad SMARTS) is 1. The Bertz CT molecular complexity index is 791. The van der Waals surface area contributed by atoms with Crippen molar-refractivity contribution in [1.82, 2.24) is 9.62 Å². The Morgan fingerprint density at radius 3 is 2.62 bits per heavy atom. The van der Waals surface area contributed by atoms with E-state index in [2.05, 4.69) is 5.32 Å². The number of sulfonamides is 1. The zero-order valence-electron chi connectivity index (χ0n) is 15.4. The number of benzene rings is 1. The van der Waals surface area contributed by atoms with Gasteiger partial charge < -0.3 is 10.4 Å². The summed E-state index contributed by atoms with van der Waals surface area (Å²) in [6, 6.07) is 3.33. The van der Waals surface area contributed by atoms with Crippen molar-refractivity contribution in [3.63, 3.8) is 0 Å². The highest BCUT2D eigenvalue weighted by atomic mass is 32.2. The Labute approximate surface area is 154 Å². The van der Waals surface area contributed by atoms with E-state index in [4.69, 9.17) is 5.11 Å². The van der Waals surface area contributed by atoms with Gasteiger partial charge in [-0.15, -0.1) is 0 Å². The van der Waals surface area contributed by atoms with Crippen LogP contribution in [0.2, 0.25) is 0 Å². The number of carbonyl (C=O) groups excluding carboxylic acids is 1. The minimum atomic E-state index is -3.70. The molecular weight excluding hydrogens is 356 g/mol. The zero-order valence-corrected chi connectivity index (χ0v) is 16.2. The third-order valence-electron chi connectivity index (χ3n) is 4.81. The van der Waals surface area contributed by atoms with E-state index in [1.807, 2.05) is 6.92 Å². The van der Waals surface area contributed by atoms with Gasteiger partial charge in [-0.05, 0) is 50.8 Å². The van der Waals surface area contributed by atoms with E-state index in [-0.39, 0.29) is 22.9 Å². The van der Waals surface area contributed by atoms with Gasteiger partial charge in [0, 0.05) is 18.2 Å². The van der Waals surface area contributed by atoms with Crippen LogP contribution in [-0.2, 0) is 14.8 Å². The normalized spacial score (nSPS) is 19.7. The summed E-state index contributed by atoms with van der Waals surface area (Å²) in [6.07, 6.45) is 2.88. The van der Waals surface area contributed by atoms with E-state index in [0.29, 0.717) is 12.1 Å². The van der Waals surface area contributed by atoms with Crippen LogP contribution in [0.25, 0.3) is 0 Å². The molecule has 1 aromatic rings. The maximum absolute atomic E-state index is 13.0. The summed E-state index contributed by atoms with van der Waals surface area (Å²) in [5, 5.41) is 11.5. The van der Waals surface area contributed by atoms with Crippen LogP contribution in [0.1, 0.15) is 55.5 Å².